The predicted molar refractivity (Wildman–Crippen MR) is 48.8 cm³/mol. The van der Waals surface area contributed by atoms with E-state index in [4.69, 9.17) is 10.4 Å². The van der Waals surface area contributed by atoms with Crippen molar-refractivity contribution in [2.75, 3.05) is 0 Å². The highest BCUT2D eigenvalue weighted by atomic mass is 32.2. The van der Waals surface area contributed by atoms with Crippen molar-refractivity contribution in [3.05, 3.63) is 0 Å². The third-order valence-electron chi connectivity index (χ3n) is 1.49. The number of nitrogens with zero attached hydrogens (tertiary/aromatic N) is 1. The Bertz CT molecular complexity index is 343. The molecule has 7 heteroatoms. The van der Waals surface area contributed by atoms with E-state index in [1.54, 1.807) is 6.07 Å². The summed E-state index contributed by atoms with van der Waals surface area (Å²) in [4.78, 5) is 10.2. The molecule has 0 aromatic rings. The van der Waals surface area contributed by atoms with Gasteiger partial charge >= 0.3 is 5.97 Å². The number of aliphatic carboxylic acids is 1. The molecule has 0 bridgehead atoms. The third kappa shape index (κ3) is 4.20. The summed E-state index contributed by atoms with van der Waals surface area (Å²) in [5.41, 5.74) is 0. The Morgan fingerprint density at radius 1 is 1.57 bits per heavy atom. The molecule has 14 heavy (non-hydrogen) atoms. The fraction of sp³-hybridized carbons (Fsp3) is 0.714. The molecule has 0 saturated carbocycles. The summed E-state index contributed by atoms with van der Waals surface area (Å²) in [6.45, 7) is 2.66. The van der Waals surface area contributed by atoms with Crippen LogP contribution in [0.5, 0.6) is 0 Å². The van der Waals surface area contributed by atoms with Gasteiger partial charge in [0.15, 0.2) is 5.25 Å². The van der Waals surface area contributed by atoms with E-state index in [0.717, 1.165) is 0 Å². The molecule has 0 aliphatic heterocycles. The number of sulfonamides is 1. The maximum absolute atomic E-state index is 11.2. The zero-order chi connectivity index (χ0) is 11.4. The molecule has 0 fully saturated rings. The summed E-state index contributed by atoms with van der Waals surface area (Å²) in [5, 5.41) is 15.6. The van der Waals surface area contributed by atoms with Crippen molar-refractivity contribution >= 4 is 16.0 Å². The topological polar surface area (TPSA) is 107 Å². The molecule has 80 valence electrons. The fourth-order valence-corrected chi connectivity index (χ4v) is 1.74. The van der Waals surface area contributed by atoms with Gasteiger partial charge in [0.05, 0.1) is 12.5 Å². The Hall–Kier alpha value is -1.13. The average Bonchev–Trinajstić information content (AvgIpc) is 1.99. The highest BCUT2D eigenvalue weighted by Crippen LogP contribution is 2.00. The molecule has 0 aliphatic rings. The van der Waals surface area contributed by atoms with Gasteiger partial charge in [0, 0.05) is 6.04 Å². The van der Waals surface area contributed by atoms with E-state index in [1.807, 2.05) is 0 Å². The van der Waals surface area contributed by atoms with Crippen molar-refractivity contribution in [3.63, 3.8) is 0 Å². The van der Waals surface area contributed by atoms with E-state index in [1.165, 1.54) is 13.8 Å². The molecule has 0 radical (unpaired) electrons. The molecule has 0 heterocycles. The molecule has 0 aliphatic carbocycles. The van der Waals surface area contributed by atoms with Crippen LogP contribution in [0, 0.1) is 11.3 Å². The van der Waals surface area contributed by atoms with Gasteiger partial charge in [0.2, 0.25) is 10.0 Å². The van der Waals surface area contributed by atoms with E-state index in [-0.39, 0.29) is 6.42 Å². The first-order valence-corrected chi connectivity index (χ1v) is 5.46. The van der Waals surface area contributed by atoms with E-state index >= 15 is 0 Å². The Morgan fingerprint density at radius 3 is 2.43 bits per heavy atom. The van der Waals surface area contributed by atoms with E-state index in [2.05, 4.69) is 4.72 Å². The number of hydrogen-bond acceptors (Lipinski definition) is 4. The molecular formula is C7H12N2O4S. The predicted octanol–water partition coefficient (Wildman–Crippen LogP) is -0.319. The molecule has 2 N–H and O–H groups in total. The van der Waals surface area contributed by atoms with Gasteiger partial charge in [-0.25, -0.2) is 13.1 Å². The monoisotopic (exact) mass is 220 g/mol. The zero-order valence-corrected chi connectivity index (χ0v) is 8.71. The lowest BCUT2D eigenvalue weighted by Gasteiger charge is -2.12. The number of nitriles is 1. The zero-order valence-electron chi connectivity index (χ0n) is 7.89. The van der Waals surface area contributed by atoms with Gasteiger partial charge in [-0.1, -0.05) is 0 Å². The second kappa shape index (κ2) is 4.93. The Kier molecular flexibility index (Phi) is 4.53. The minimum absolute atomic E-state index is 0.308. The summed E-state index contributed by atoms with van der Waals surface area (Å²) in [6, 6.07) is 0.851. The molecule has 0 aromatic carbocycles. The quantitative estimate of drug-likeness (QED) is 0.660. The van der Waals surface area contributed by atoms with Crippen LogP contribution in [-0.4, -0.2) is 30.8 Å². The lowest BCUT2D eigenvalue weighted by Crippen LogP contribution is -2.39. The third-order valence-corrected chi connectivity index (χ3v) is 3.26. The number of nitrogens with one attached hydrogen (secondary N) is 1. The van der Waals surface area contributed by atoms with E-state index < -0.39 is 27.3 Å². The summed E-state index contributed by atoms with van der Waals surface area (Å²) < 4.78 is 24.6. The second-order valence-electron chi connectivity index (χ2n) is 2.93. The summed E-state index contributed by atoms with van der Waals surface area (Å²) >= 11 is 0. The normalized spacial score (nSPS) is 15.5. The molecular weight excluding hydrogens is 208 g/mol. The highest BCUT2D eigenvalue weighted by Gasteiger charge is 2.23. The van der Waals surface area contributed by atoms with Crippen molar-refractivity contribution in [3.8, 4) is 6.07 Å². The number of hydrogen-bond donors (Lipinski definition) is 2. The van der Waals surface area contributed by atoms with Gasteiger partial charge in [-0.2, -0.15) is 5.26 Å². The Morgan fingerprint density at radius 2 is 2.07 bits per heavy atom. The van der Waals surface area contributed by atoms with Crippen LogP contribution in [0.4, 0.5) is 0 Å². The van der Waals surface area contributed by atoms with Gasteiger partial charge in [-0.05, 0) is 13.8 Å². The molecule has 0 aromatic heterocycles. The number of carbonyl (C=O) groups is 1. The highest BCUT2D eigenvalue weighted by molar-refractivity contribution is 7.90. The van der Waals surface area contributed by atoms with E-state index in [0.29, 0.717) is 0 Å². The summed E-state index contributed by atoms with van der Waals surface area (Å²) in [7, 11) is -3.73. The SMILES string of the molecule is CC(CC(=O)O)NS(=O)(=O)C(C)C#N. The summed E-state index contributed by atoms with van der Waals surface area (Å²) in [5.74, 6) is -1.09. The fourth-order valence-electron chi connectivity index (χ4n) is 0.755. The first-order chi connectivity index (χ1) is 6.29. The molecule has 0 saturated heterocycles. The first-order valence-electron chi connectivity index (χ1n) is 3.92. The van der Waals surface area contributed by atoms with Crippen molar-refractivity contribution in [1.82, 2.24) is 4.72 Å². The van der Waals surface area contributed by atoms with Crippen molar-refractivity contribution in [2.45, 2.75) is 31.6 Å². The molecule has 2 unspecified atom stereocenters. The van der Waals surface area contributed by atoms with Crippen molar-refractivity contribution < 1.29 is 18.3 Å². The summed E-state index contributed by atoms with van der Waals surface area (Å²) in [6.07, 6.45) is -0.308. The van der Waals surface area contributed by atoms with Crippen LogP contribution in [0.15, 0.2) is 0 Å². The molecule has 0 amide bonds. The maximum atomic E-state index is 11.2. The van der Waals surface area contributed by atoms with Gasteiger partial charge < -0.3 is 5.11 Å². The van der Waals surface area contributed by atoms with Crippen LogP contribution in [-0.2, 0) is 14.8 Å². The number of carboxylic acids is 1. The van der Waals surface area contributed by atoms with Crippen LogP contribution >= 0.6 is 0 Å². The number of carboxylic acid groups (broad SMARTS) is 1. The maximum Gasteiger partial charge on any atom is 0.304 e. The lowest BCUT2D eigenvalue weighted by molar-refractivity contribution is -0.137. The smallest absolute Gasteiger partial charge is 0.304 e. The molecule has 0 spiro atoms. The lowest BCUT2D eigenvalue weighted by atomic mass is 10.3. The number of rotatable bonds is 5. The molecule has 6 nitrogen and oxygen atoms in total. The van der Waals surface area contributed by atoms with Crippen LogP contribution in [0.3, 0.4) is 0 Å². The largest absolute Gasteiger partial charge is 0.481 e. The molecule has 2 atom stereocenters. The first kappa shape index (κ1) is 12.9. The van der Waals surface area contributed by atoms with Gasteiger partial charge in [-0.15, -0.1) is 0 Å². The standard InChI is InChI=1S/C7H12N2O4S/c1-5(3-7(10)11)9-14(12,13)6(2)4-8/h5-6,9H,3H2,1-2H3,(H,10,11). The van der Waals surface area contributed by atoms with Crippen molar-refractivity contribution in [1.29, 1.82) is 5.26 Å². The van der Waals surface area contributed by atoms with Crippen LogP contribution < -0.4 is 4.72 Å². The van der Waals surface area contributed by atoms with Crippen LogP contribution in [0.1, 0.15) is 20.3 Å². The Balaban J connectivity index is 4.39. The van der Waals surface area contributed by atoms with Crippen LogP contribution in [0.2, 0.25) is 0 Å². The van der Waals surface area contributed by atoms with Crippen LogP contribution in [0.25, 0.3) is 0 Å². The second-order valence-corrected chi connectivity index (χ2v) is 4.97. The average molecular weight is 220 g/mol. The molecule has 0 rings (SSSR count). The van der Waals surface area contributed by atoms with Gasteiger partial charge in [0.25, 0.3) is 0 Å². The van der Waals surface area contributed by atoms with Gasteiger partial charge in [0.1, 0.15) is 0 Å². The minimum Gasteiger partial charge on any atom is -0.481 e. The van der Waals surface area contributed by atoms with Gasteiger partial charge in [-0.3, -0.25) is 4.79 Å². The Labute approximate surface area is 82.6 Å². The minimum atomic E-state index is -3.73. The van der Waals surface area contributed by atoms with Crippen molar-refractivity contribution in [2.24, 2.45) is 0 Å². The van der Waals surface area contributed by atoms with E-state index in [9.17, 15) is 13.2 Å².